The molecule has 0 aromatic heterocycles. The molecular weight excluding hydrogens is 446 g/mol. The molecule has 3 N–H and O–H groups in total. The fourth-order valence-electron chi connectivity index (χ4n) is 3.63. The molecule has 196 valence electrons. The van der Waals surface area contributed by atoms with Crippen molar-refractivity contribution in [2.75, 3.05) is 19.7 Å². The van der Waals surface area contributed by atoms with Gasteiger partial charge in [-0.05, 0) is 56.7 Å². The summed E-state index contributed by atoms with van der Waals surface area (Å²) in [7, 11) is 0. The third kappa shape index (κ3) is 10.5. The number of hydrogen-bond acceptors (Lipinski definition) is 5. The van der Waals surface area contributed by atoms with E-state index < -0.39 is 29.7 Å². The molecule has 1 aromatic carbocycles. The van der Waals surface area contributed by atoms with Crippen LogP contribution in [0.2, 0.25) is 0 Å². The van der Waals surface area contributed by atoms with Crippen molar-refractivity contribution in [3.63, 3.8) is 0 Å². The molecule has 0 aliphatic rings. The summed E-state index contributed by atoms with van der Waals surface area (Å²) >= 11 is 0. The van der Waals surface area contributed by atoms with Gasteiger partial charge in [0.05, 0.1) is 6.61 Å². The van der Waals surface area contributed by atoms with Gasteiger partial charge < -0.3 is 25.4 Å². The Hall–Kier alpha value is -2.87. The third-order valence-electron chi connectivity index (χ3n) is 5.17. The summed E-state index contributed by atoms with van der Waals surface area (Å²) < 4.78 is 5.37. The monoisotopic (exact) mass is 489 g/mol. The van der Waals surface area contributed by atoms with Crippen LogP contribution in [0.1, 0.15) is 78.0 Å². The molecule has 0 saturated heterocycles. The lowest BCUT2D eigenvalue weighted by Crippen LogP contribution is -2.54. The number of benzene rings is 1. The van der Waals surface area contributed by atoms with Crippen molar-refractivity contribution >= 4 is 24.0 Å². The predicted octanol–water partition coefficient (Wildman–Crippen LogP) is 4.05. The Labute approximate surface area is 210 Å². The molecule has 1 rings (SSSR count). The van der Waals surface area contributed by atoms with Gasteiger partial charge in [0.2, 0.25) is 11.8 Å². The lowest BCUT2D eigenvalue weighted by Gasteiger charge is -2.34. The van der Waals surface area contributed by atoms with Crippen molar-refractivity contribution < 1.29 is 24.2 Å². The van der Waals surface area contributed by atoms with Gasteiger partial charge in [0.15, 0.2) is 0 Å². The Morgan fingerprint density at radius 1 is 1.23 bits per heavy atom. The van der Waals surface area contributed by atoms with E-state index in [-0.39, 0.29) is 25.0 Å². The number of amides is 3. The topological polar surface area (TPSA) is 108 Å². The van der Waals surface area contributed by atoms with E-state index in [1.807, 2.05) is 26.8 Å². The van der Waals surface area contributed by atoms with E-state index in [9.17, 15) is 19.5 Å². The molecule has 8 heteroatoms. The Kier molecular flexibility index (Phi) is 12.5. The number of carbonyl (C=O) groups is 3. The number of alkyl carbamates (subject to hydrolysis) is 1. The van der Waals surface area contributed by atoms with Crippen LogP contribution in [0, 0.1) is 5.92 Å². The zero-order chi connectivity index (χ0) is 26.6. The van der Waals surface area contributed by atoms with Gasteiger partial charge in [0.1, 0.15) is 17.7 Å². The molecule has 1 aromatic rings. The number of ether oxygens (including phenoxy) is 1. The normalized spacial score (nSPS) is 13.0. The summed E-state index contributed by atoms with van der Waals surface area (Å²) in [5.41, 5.74) is 0.669. The summed E-state index contributed by atoms with van der Waals surface area (Å²) in [6.07, 6.45) is 3.01. The second-order valence-electron chi connectivity index (χ2n) is 10.0. The van der Waals surface area contributed by atoms with Gasteiger partial charge in [-0.25, -0.2) is 4.79 Å². The molecule has 0 bridgehead atoms. The van der Waals surface area contributed by atoms with Crippen LogP contribution >= 0.6 is 0 Å². The first kappa shape index (κ1) is 30.2. The van der Waals surface area contributed by atoms with E-state index in [0.717, 1.165) is 18.4 Å². The number of hydrogen-bond donors (Lipinski definition) is 3. The first-order valence-electron chi connectivity index (χ1n) is 12.3. The lowest BCUT2D eigenvalue weighted by atomic mass is 9.98. The van der Waals surface area contributed by atoms with Crippen LogP contribution < -0.4 is 10.6 Å². The summed E-state index contributed by atoms with van der Waals surface area (Å²) in [5, 5.41) is 15.4. The third-order valence-corrected chi connectivity index (χ3v) is 5.17. The maximum Gasteiger partial charge on any atom is 0.408 e. The van der Waals surface area contributed by atoms with Crippen molar-refractivity contribution in [1.29, 1.82) is 0 Å². The predicted molar refractivity (Wildman–Crippen MR) is 139 cm³/mol. The Morgan fingerprint density at radius 2 is 1.91 bits per heavy atom. The van der Waals surface area contributed by atoms with E-state index >= 15 is 0 Å². The van der Waals surface area contributed by atoms with E-state index in [1.165, 1.54) is 4.90 Å². The Balaban J connectivity index is 3.42. The molecule has 0 aliphatic heterocycles. The zero-order valence-corrected chi connectivity index (χ0v) is 22.1. The number of aliphatic hydroxyl groups is 1. The molecule has 0 aliphatic carbocycles. The molecule has 0 spiro atoms. The first-order chi connectivity index (χ1) is 16.4. The zero-order valence-electron chi connectivity index (χ0n) is 22.1. The summed E-state index contributed by atoms with van der Waals surface area (Å²) in [4.78, 5) is 41.1. The Morgan fingerprint density at radius 3 is 2.46 bits per heavy atom. The van der Waals surface area contributed by atoms with Crippen LogP contribution in [0.15, 0.2) is 30.8 Å². The highest BCUT2D eigenvalue weighted by Gasteiger charge is 2.36. The summed E-state index contributed by atoms with van der Waals surface area (Å²) in [5.74, 6) is -0.726. The van der Waals surface area contributed by atoms with Crippen molar-refractivity contribution in [1.82, 2.24) is 15.5 Å². The maximum atomic E-state index is 13.8. The fraction of sp³-hybridized carbons (Fsp3) is 0.593. The highest BCUT2D eigenvalue weighted by atomic mass is 16.6. The number of aliphatic hydroxyl groups excluding tert-OH is 1. The molecular formula is C27H43N3O5. The number of nitrogens with zero attached hydrogens (tertiary/aromatic N) is 1. The van der Waals surface area contributed by atoms with E-state index in [2.05, 4.69) is 17.2 Å². The summed E-state index contributed by atoms with van der Waals surface area (Å²) in [6.45, 7) is 15.0. The number of nitrogens with one attached hydrogen (secondary N) is 2. The van der Waals surface area contributed by atoms with E-state index in [1.54, 1.807) is 45.0 Å². The number of carbonyl (C=O) groups excluding carboxylic acids is 3. The van der Waals surface area contributed by atoms with Gasteiger partial charge in [0, 0.05) is 13.1 Å². The molecule has 35 heavy (non-hydrogen) atoms. The van der Waals surface area contributed by atoms with Crippen molar-refractivity contribution in [2.24, 2.45) is 5.92 Å². The molecule has 0 radical (unpaired) electrons. The molecule has 0 saturated carbocycles. The van der Waals surface area contributed by atoms with Gasteiger partial charge in [-0.2, -0.15) is 0 Å². The van der Waals surface area contributed by atoms with E-state index in [4.69, 9.17) is 4.74 Å². The highest BCUT2D eigenvalue weighted by molar-refractivity contribution is 5.92. The number of unbranched alkanes of at least 4 members (excludes halogenated alkanes) is 1. The second-order valence-corrected chi connectivity index (χ2v) is 10.0. The standard InChI is InChI=1S/C27H43N3O5/c1-8-10-14-28-24(32)23(21-13-11-12-20(9-2)18-21)30(15-16-31)25(33)22(17-19(3)4)29-26(34)35-27(5,6)7/h9,11-13,18-19,22-23,31H,2,8,10,14-17H2,1,3-7H3,(H,28,32)(H,29,34). The highest BCUT2D eigenvalue weighted by Crippen LogP contribution is 2.25. The largest absolute Gasteiger partial charge is 0.444 e. The minimum Gasteiger partial charge on any atom is -0.444 e. The van der Waals surface area contributed by atoms with Crippen molar-refractivity contribution in [3.8, 4) is 0 Å². The van der Waals surface area contributed by atoms with Gasteiger partial charge in [0.25, 0.3) is 0 Å². The molecule has 2 atom stereocenters. The van der Waals surface area contributed by atoms with Crippen LogP contribution in [-0.4, -0.2) is 59.3 Å². The van der Waals surface area contributed by atoms with Crippen LogP contribution in [0.5, 0.6) is 0 Å². The molecule has 3 amide bonds. The SMILES string of the molecule is C=Cc1cccc(C(C(=O)NCCCC)N(CCO)C(=O)C(CC(C)C)NC(=O)OC(C)(C)C)c1. The molecule has 8 nitrogen and oxygen atoms in total. The van der Waals surface area contributed by atoms with Crippen molar-refractivity contribution in [2.45, 2.75) is 78.5 Å². The molecule has 2 unspecified atom stereocenters. The smallest absolute Gasteiger partial charge is 0.408 e. The molecule has 0 heterocycles. The maximum absolute atomic E-state index is 13.8. The van der Waals surface area contributed by atoms with Crippen LogP contribution in [0.4, 0.5) is 4.79 Å². The average Bonchev–Trinajstić information content (AvgIpc) is 2.76. The lowest BCUT2D eigenvalue weighted by molar-refractivity contribution is -0.143. The fourth-order valence-corrected chi connectivity index (χ4v) is 3.63. The van der Waals surface area contributed by atoms with Gasteiger partial charge in [-0.1, -0.05) is 58.0 Å². The van der Waals surface area contributed by atoms with E-state index in [0.29, 0.717) is 18.5 Å². The van der Waals surface area contributed by atoms with Gasteiger partial charge >= 0.3 is 6.09 Å². The number of rotatable bonds is 13. The van der Waals surface area contributed by atoms with Gasteiger partial charge in [-0.15, -0.1) is 0 Å². The van der Waals surface area contributed by atoms with Crippen molar-refractivity contribution in [3.05, 3.63) is 42.0 Å². The van der Waals surface area contributed by atoms with Gasteiger partial charge in [-0.3, -0.25) is 9.59 Å². The quantitative estimate of drug-likeness (QED) is 0.362. The minimum atomic E-state index is -0.985. The summed E-state index contributed by atoms with van der Waals surface area (Å²) in [6, 6.07) is 5.31. The second kappa shape index (κ2) is 14.5. The average molecular weight is 490 g/mol. The van der Waals surface area contributed by atoms with Crippen LogP contribution in [-0.2, 0) is 14.3 Å². The minimum absolute atomic E-state index is 0.0758. The van der Waals surface area contributed by atoms with Crippen LogP contribution in [0.3, 0.4) is 0 Å². The Bertz CT molecular complexity index is 847. The molecule has 0 fully saturated rings. The first-order valence-corrected chi connectivity index (χ1v) is 12.3. The van der Waals surface area contributed by atoms with Crippen LogP contribution in [0.25, 0.3) is 6.08 Å².